The standard InChI is InChI=1S/C10H20N2OS/c1-10(4-5-11-8-10)9(13)12(2)6-7-14-3/h11H,4-8H2,1-3H3. The van der Waals surface area contributed by atoms with Gasteiger partial charge in [-0.25, -0.2) is 0 Å². The average molecular weight is 216 g/mol. The summed E-state index contributed by atoms with van der Waals surface area (Å²) in [5, 5.41) is 3.25. The maximum Gasteiger partial charge on any atom is 0.229 e. The molecule has 14 heavy (non-hydrogen) atoms. The van der Waals surface area contributed by atoms with E-state index in [4.69, 9.17) is 0 Å². The zero-order valence-electron chi connectivity index (χ0n) is 9.30. The number of hydrogen-bond acceptors (Lipinski definition) is 3. The summed E-state index contributed by atoms with van der Waals surface area (Å²) >= 11 is 1.78. The lowest BCUT2D eigenvalue weighted by atomic mass is 9.88. The highest BCUT2D eigenvalue weighted by Crippen LogP contribution is 2.26. The Kier molecular flexibility index (Phi) is 4.26. The Morgan fingerprint density at radius 2 is 2.36 bits per heavy atom. The second-order valence-electron chi connectivity index (χ2n) is 4.21. The molecule has 0 bridgehead atoms. The van der Waals surface area contributed by atoms with Crippen LogP contribution in [0.5, 0.6) is 0 Å². The van der Waals surface area contributed by atoms with E-state index in [-0.39, 0.29) is 11.3 Å². The van der Waals surface area contributed by atoms with Gasteiger partial charge in [-0.2, -0.15) is 11.8 Å². The highest BCUT2D eigenvalue weighted by Gasteiger charge is 2.37. The number of carbonyl (C=O) groups excluding carboxylic acids is 1. The number of nitrogens with zero attached hydrogens (tertiary/aromatic N) is 1. The lowest BCUT2D eigenvalue weighted by Gasteiger charge is -2.28. The second-order valence-corrected chi connectivity index (χ2v) is 5.19. The molecule has 1 fully saturated rings. The molecule has 0 saturated carbocycles. The van der Waals surface area contributed by atoms with Crippen molar-refractivity contribution in [3.8, 4) is 0 Å². The summed E-state index contributed by atoms with van der Waals surface area (Å²) in [7, 11) is 1.90. The zero-order chi connectivity index (χ0) is 10.6. The Morgan fingerprint density at radius 3 is 2.86 bits per heavy atom. The number of amides is 1. The van der Waals surface area contributed by atoms with Crippen LogP contribution in [0.4, 0.5) is 0 Å². The largest absolute Gasteiger partial charge is 0.344 e. The van der Waals surface area contributed by atoms with E-state index in [2.05, 4.69) is 18.5 Å². The molecule has 1 unspecified atom stereocenters. The fourth-order valence-corrected chi connectivity index (χ4v) is 2.25. The van der Waals surface area contributed by atoms with Crippen LogP contribution in [-0.4, -0.2) is 49.5 Å². The molecule has 3 nitrogen and oxygen atoms in total. The van der Waals surface area contributed by atoms with Crippen LogP contribution in [0.25, 0.3) is 0 Å². The number of nitrogens with one attached hydrogen (secondary N) is 1. The molecular weight excluding hydrogens is 196 g/mol. The summed E-state index contributed by atoms with van der Waals surface area (Å²) in [6.45, 7) is 4.72. The highest BCUT2D eigenvalue weighted by molar-refractivity contribution is 7.98. The summed E-state index contributed by atoms with van der Waals surface area (Å²) in [4.78, 5) is 13.9. The van der Waals surface area contributed by atoms with Crippen LogP contribution in [0.1, 0.15) is 13.3 Å². The van der Waals surface area contributed by atoms with Gasteiger partial charge in [0, 0.05) is 25.9 Å². The van der Waals surface area contributed by atoms with E-state index >= 15 is 0 Å². The molecule has 0 spiro atoms. The summed E-state index contributed by atoms with van der Waals surface area (Å²) in [6, 6.07) is 0. The summed E-state index contributed by atoms with van der Waals surface area (Å²) < 4.78 is 0. The van der Waals surface area contributed by atoms with Crippen LogP contribution in [-0.2, 0) is 4.79 Å². The van der Waals surface area contributed by atoms with Crippen molar-refractivity contribution in [1.29, 1.82) is 0 Å². The van der Waals surface area contributed by atoms with Crippen LogP contribution in [0.3, 0.4) is 0 Å². The molecule has 4 heteroatoms. The quantitative estimate of drug-likeness (QED) is 0.755. The Morgan fingerprint density at radius 1 is 1.64 bits per heavy atom. The van der Waals surface area contributed by atoms with Gasteiger partial charge in [0.15, 0.2) is 0 Å². The van der Waals surface area contributed by atoms with Crippen molar-refractivity contribution in [3.63, 3.8) is 0 Å². The minimum absolute atomic E-state index is 0.160. The van der Waals surface area contributed by atoms with Gasteiger partial charge in [0.05, 0.1) is 5.41 Å². The topological polar surface area (TPSA) is 32.3 Å². The molecule has 0 radical (unpaired) electrons. The Bertz CT molecular complexity index is 202. The van der Waals surface area contributed by atoms with E-state index in [1.54, 1.807) is 11.8 Å². The van der Waals surface area contributed by atoms with Gasteiger partial charge in [-0.1, -0.05) is 0 Å². The first-order valence-corrected chi connectivity index (χ1v) is 6.45. The molecule has 1 aliphatic rings. The highest BCUT2D eigenvalue weighted by atomic mass is 32.2. The van der Waals surface area contributed by atoms with E-state index in [1.807, 2.05) is 11.9 Å². The first-order valence-electron chi connectivity index (χ1n) is 5.05. The van der Waals surface area contributed by atoms with Crippen LogP contribution in [0.15, 0.2) is 0 Å². The molecular formula is C10H20N2OS. The molecule has 0 aromatic carbocycles. The Labute approximate surface area is 90.6 Å². The SMILES string of the molecule is CSCCN(C)C(=O)C1(C)CCNC1. The molecule has 0 aromatic heterocycles. The van der Waals surface area contributed by atoms with Crippen molar-refractivity contribution in [2.45, 2.75) is 13.3 Å². The van der Waals surface area contributed by atoms with Crippen LogP contribution < -0.4 is 5.32 Å². The van der Waals surface area contributed by atoms with Gasteiger partial charge in [-0.15, -0.1) is 0 Å². The molecule has 0 aromatic rings. The predicted octanol–water partition coefficient (Wildman–Crippen LogP) is 0.807. The second kappa shape index (κ2) is 5.03. The number of thioether (sulfide) groups is 1. The molecule has 0 aliphatic carbocycles. The number of carbonyl (C=O) groups is 1. The first-order chi connectivity index (χ1) is 6.60. The van der Waals surface area contributed by atoms with Crippen molar-refractivity contribution in [3.05, 3.63) is 0 Å². The number of hydrogen-bond donors (Lipinski definition) is 1. The molecule has 1 amide bonds. The lowest BCUT2D eigenvalue weighted by molar-refractivity contribution is -0.138. The monoisotopic (exact) mass is 216 g/mol. The lowest BCUT2D eigenvalue weighted by Crippen LogP contribution is -2.42. The number of rotatable bonds is 4. The summed E-state index contributed by atoms with van der Waals surface area (Å²) in [5.74, 6) is 1.31. The Balaban J connectivity index is 2.46. The van der Waals surface area contributed by atoms with Gasteiger partial charge in [-0.3, -0.25) is 4.79 Å². The van der Waals surface area contributed by atoms with Gasteiger partial charge in [0.25, 0.3) is 0 Å². The molecule has 1 heterocycles. The van der Waals surface area contributed by atoms with E-state index in [9.17, 15) is 4.79 Å². The van der Waals surface area contributed by atoms with E-state index in [0.717, 1.165) is 31.8 Å². The predicted molar refractivity (Wildman–Crippen MR) is 61.6 cm³/mol. The molecule has 1 aliphatic heterocycles. The van der Waals surface area contributed by atoms with Gasteiger partial charge in [0.1, 0.15) is 0 Å². The van der Waals surface area contributed by atoms with E-state index in [0.29, 0.717) is 0 Å². The van der Waals surface area contributed by atoms with Crippen LogP contribution in [0, 0.1) is 5.41 Å². The zero-order valence-corrected chi connectivity index (χ0v) is 10.1. The molecule has 1 N–H and O–H groups in total. The smallest absolute Gasteiger partial charge is 0.229 e. The Hall–Kier alpha value is -0.220. The third-order valence-corrected chi connectivity index (χ3v) is 3.45. The van der Waals surface area contributed by atoms with E-state index < -0.39 is 0 Å². The van der Waals surface area contributed by atoms with Crippen molar-refractivity contribution in [2.75, 3.05) is 38.7 Å². The van der Waals surface area contributed by atoms with Crippen molar-refractivity contribution in [1.82, 2.24) is 10.2 Å². The first kappa shape index (κ1) is 11.9. The minimum atomic E-state index is -0.160. The normalized spacial score (nSPS) is 26.5. The van der Waals surface area contributed by atoms with Gasteiger partial charge < -0.3 is 10.2 Å². The fraction of sp³-hybridized carbons (Fsp3) is 0.900. The summed E-state index contributed by atoms with van der Waals surface area (Å²) in [6.07, 6.45) is 3.03. The minimum Gasteiger partial charge on any atom is -0.344 e. The van der Waals surface area contributed by atoms with Crippen molar-refractivity contribution < 1.29 is 4.79 Å². The molecule has 1 atom stereocenters. The molecule has 82 valence electrons. The van der Waals surface area contributed by atoms with Crippen LogP contribution in [0.2, 0.25) is 0 Å². The third kappa shape index (κ3) is 2.64. The van der Waals surface area contributed by atoms with Gasteiger partial charge >= 0.3 is 0 Å². The third-order valence-electron chi connectivity index (χ3n) is 2.86. The summed E-state index contributed by atoms with van der Waals surface area (Å²) in [5.41, 5.74) is -0.160. The molecule has 1 saturated heterocycles. The van der Waals surface area contributed by atoms with Gasteiger partial charge in [0.2, 0.25) is 5.91 Å². The fourth-order valence-electron chi connectivity index (χ4n) is 1.79. The molecule has 1 rings (SSSR count). The average Bonchev–Trinajstić information content (AvgIpc) is 2.61. The maximum absolute atomic E-state index is 12.0. The van der Waals surface area contributed by atoms with Crippen molar-refractivity contribution >= 4 is 17.7 Å². The van der Waals surface area contributed by atoms with E-state index in [1.165, 1.54) is 0 Å². The maximum atomic E-state index is 12.0. The van der Waals surface area contributed by atoms with Crippen molar-refractivity contribution in [2.24, 2.45) is 5.41 Å². The van der Waals surface area contributed by atoms with Gasteiger partial charge in [-0.05, 0) is 26.1 Å². The van der Waals surface area contributed by atoms with Crippen LogP contribution >= 0.6 is 11.8 Å².